The number of halogens is 1. The first-order valence-electron chi connectivity index (χ1n) is 10.1. The maximum absolute atomic E-state index is 14.8. The number of aryl methyl sites for hydroxylation is 2. The second-order valence-electron chi connectivity index (χ2n) is 7.36. The van der Waals surface area contributed by atoms with E-state index in [1.807, 2.05) is 32.0 Å². The van der Waals surface area contributed by atoms with E-state index < -0.39 is 17.3 Å². The summed E-state index contributed by atoms with van der Waals surface area (Å²) in [7, 11) is 0. The van der Waals surface area contributed by atoms with Gasteiger partial charge in [-0.3, -0.25) is 9.78 Å². The van der Waals surface area contributed by atoms with Gasteiger partial charge in [-0.25, -0.2) is 18.9 Å². The predicted octanol–water partition coefficient (Wildman–Crippen LogP) is 3.65. The highest BCUT2D eigenvalue weighted by Gasteiger charge is 2.14. The molecule has 0 saturated heterocycles. The van der Waals surface area contributed by atoms with Crippen LogP contribution in [0.2, 0.25) is 0 Å². The number of benzene rings is 2. The Morgan fingerprint density at radius 2 is 2.00 bits per heavy atom. The molecule has 0 atom stereocenters. The summed E-state index contributed by atoms with van der Waals surface area (Å²) in [5.74, 6) is -0.998. The third-order valence-corrected chi connectivity index (χ3v) is 5.19. The number of anilines is 1. The summed E-state index contributed by atoms with van der Waals surface area (Å²) in [6, 6.07) is 8.62. The highest BCUT2D eigenvalue weighted by Crippen LogP contribution is 2.22. The van der Waals surface area contributed by atoms with Crippen LogP contribution < -0.4 is 10.9 Å². The SMILES string of the molecule is CCOC(=O)c1cnn(-c2nc3cc(F)c(NCc4c(C)cccc4C)cc3c(=O)[nH]2)c1. The van der Waals surface area contributed by atoms with E-state index in [1.54, 1.807) is 6.92 Å². The highest BCUT2D eigenvalue weighted by atomic mass is 19.1. The summed E-state index contributed by atoms with van der Waals surface area (Å²) >= 11 is 0. The van der Waals surface area contributed by atoms with Gasteiger partial charge in [0.15, 0.2) is 0 Å². The second kappa shape index (κ2) is 8.62. The van der Waals surface area contributed by atoms with Crippen LogP contribution in [0.4, 0.5) is 10.1 Å². The van der Waals surface area contributed by atoms with Crippen LogP contribution in [0.1, 0.15) is 34.0 Å². The van der Waals surface area contributed by atoms with Crippen molar-refractivity contribution >= 4 is 22.6 Å². The van der Waals surface area contributed by atoms with Gasteiger partial charge in [-0.1, -0.05) is 18.2 Å². The molecule has 4 aromatic rings. The number of H-pyrrole nitrogens is 1. The van der Waals surface area contributed by atoms with Crippen LogP contribution in [0.3, 0.4) is 0 Å². The fourth-order valence-electron chi connectivity index (χ4n) is 3.46. The van der Waals surface area contributed by atoms with Gasteiger partial charge in [0.2, 0.25) is 5.95 Å². The van der Waals surface area contributed by atoms with E-state index in [0.29, 0.717) is 6.54 Å². The molecule has 32 heavy (non-hydrogen) atoms. The summed E-state index contributed by atoms with van der Waals surface area (Å²) in [6.45, 7) is 6.35. The van der Waals surface area contributed by atoms with Gasteiger partial charge in [0, 0.05) is 18.8 Å². The molecule has 164 valence electrons. The standard InChI is InChI=1S/C23H22FN5O3/c1-4-32-22(31)15-10-26-29(12-15)23-27-19-9-18(24)20(8-16(19)21(30)28-23)25-11-17-13(2)6-5-7-14(17)3/h5-10,12,25H,4,11H2,1-3H3,(H,27,28,30). The monoisotopic (exact) mass is 435 g/mol. The number of esters is 1. The zero-order valence-electron chi connectivity index (χ0n) is 17.9. The molecule has 0 bridgehead atoms. The lowest BCUT2D eigenvalue weighted by Crippen LogP contribution is -2.15. The largest absolute Gasteiger partial charge is 0.462 e. The predicted molar refractivity (Wildman–Crippen MR) is 119 cm³/mol. The molecule has 0 aliphatic heterocycles. The van der Waals surface area contributed by atoms with Crippen LogP contribution in [-0.4, -0.2) is 32.3 Å². The highest BCUT2D eigenvalue weighted by molar-refractivity contribution is 5.89. The molecule has 8 nitrogen and oxygen atoms in total. The quantitative estimate of drug-likeness (QED) is 0.448. The van der Waals surface area contributed by atoms with Gasteiger partial charge in [-0.05, 0) is 43.5 Å². The average Bonchev–Trinajstić information content (AvgIpc) is 3.24. The van der Waals surface area contributed by atoms with Crippen molar-refractivity contribution in [3.63, 3.8) is 0 Å². The lowest BCUT2D eigenvalue weighted by atomic mass is 10.0. The molecule has 0 aliphatic carbocycles. The molecule has 0 aliphatic rings. The third-order valence-electron chi connectivity index (χ3n) is 5.19. The fraction of sp³-hybridized carbons (Fsp3) is 0.217. The van der Waals surface area contributed by atoms with Crippen molar-refractivity contribution in [2.24, 2.45) is 0 Å². The second-order valence-corrected chi connectivity index (χ2v) is 7.36. The van der Waals surface area contributed by atoms with Gasteiger partial charge in [-0.2, -0.15) is 5.10 Å². The molecular formula is C23H22FN5O3. The molecule has 9 heteroatoms. The first-order chi connectivity index (χ1) is 15.4. The topological polar surface area (TPSA) is 102 Å². The van der Waals surface area contributed by atoms with Gasteiger partial charge < -0.3 is 10.1 Å². The Balaban J connectivity index is 1.65. The Hall–Kier alpha value is -4.01. The number of aromatic amines is 1. The van der Waals surface area contributed by atoms with Crippen LogP contribution in [0.25, 0.3) is 16.9 Å². The molecule has 0 spiro atoms. The molecular weight excluding hydrogens is 413 g/mol. The Kier molecular flexibility index (Phi) is 5.72. The Morgan fingerprint density at radius 3 is 2.72 bits per heavy atom. The van der Waals surface area contributed by atoms with Crippen molar-refractivity contribution in [2.75, 3.05) is 11.9 Å². The molecule has 2 aromatic carbocycles. The molecule has 0 unspecified atom stereocenters. The Bertz CT molecular complexity index is 1360. The van der Waals surface area contributed by atoms with E-state index in [9.17, 15) is 14.0 Å². The molecule has 0 amide bonds. The first kappa shape index (κ1) is 21.2. The number of carbonyl (C=O) groups excluding carboxylic acids is 1. The van der Waals surface area contributed by atoms with Crippen LogP contribution >= 0.6 is 0 Å². The molecule has 0 radical (unpaired) electrons. The number of hydrogen-bond donors (Lipinski definition) is 2. The van der Waals surface area contributed by atoms with Crippen LogP contribution in [0.5, 0.6) is 0 Å². The van der Waals surface area contributed by atoms with Crippen molar-refractivity contribution in [3.05, 3.63) is 81.2 Å². The number of fused-ring (bicyclic) bond motifs is 1. The number of carbonyl (C=O) groups is 1. The lowest BCUT2D eigenvalue weighted by molar-refractivity contribution is 0.0526. The summed E-state index contributed by atoms with van der Waals surface area (Å²) in [5, 5.41) is 7.35. The number of nitrogens with one attached hydrogen (secondary N) is 2. The Labute approximate surface area is 183 Å². The number of hydrogen-bond acceptors (Lipinski definition) is 6. The van der Waals surface area contributed by atoms with E-state index in [2.05, 4.69) is 20.4 Å². The van der Waals surface area contributed by atoms with E-state index >= 15 is 0 Å². The number of ether oxygens (including phenoxy) is 1. The summed E-state index contributed by atoms with van der Waals surface area (Å²) in [6.07, 6.45) is 2.70. The summed E-state index contributed by atoms with van der Waals surface area (Å²) in [4.78, 5) is 31.4. The molecule has 4 rings (SSSR count). The minimum Gasteiger partial charge on any atom is -0.462 e. The van der Waals surface area contributed by atoms with Crippen molar-refractivity contribution in [2.45, 2.75) is 27.3 Å². The zero-order chi connectivity index (χ0) is 22.8. The normalized spacial score (nSPS) is 11.0. The van der Waals surface area contributed by atoms with Crippen LogP contribution in [0, 0.1) is 19.7 Å². The maximum atomic E-state index is 14.8. The fourth-order valence-corrected chi connectivity index (χ4v) is 3.46. The van der Waals surface area contributed by atoms with E-state index in [0.717, 1.165) is 16.7 Å². The molecule has 2 heterocycles. The van der Waals surface area contributed by atoms with Gasteiger partial charge in [0.1, 0.15) is 5.82 Å². The Morgan fingerprint density at radius 1 is 1.25 bits per heavy atom. The molecule has 0 saturated carbocycles. The van der Waals surface area contributed by atoms with Gasteiger partial charge in [-0.15, -0.1) is 0 Å². The number of nitrogens with zero attached hydrogens (tertiary/aromatic N) is 3. The first-order valence-corrected chi connectivity index (χ1v) is 10.1. The van der Waals surface area contributed by atoms with Gasteiger partial charge >= 0.3 is 5.97 Å². The van der Waals surface area contributed by atoms with Crippen molar-refractivity contribution in [3.8, 4) is 5.95 Å². The van der Waals surface area contributed by atoms with E-state index in [4.69, 9.17) is 4.74 Å². The van der Waals surface area contributed by atoms with Crippen molar-refractivity contribution < 1.29 is 13.9 Å². The minimum atomic E-state index is -0.535. The maximum Gasteiger partial charge on any atom is 0.341 e. The van der Waals surface area contributed by atoms with Gasteiger partial charge in [0.25, 0.3) is 5.56 Å². The number of rotatable bonds is 6. The van der Waals surface area contributed by atoms with E-state index in [-0.39, 0.29) is 34.7 Å². The molecule has 2 N–H and O–H groups in total. The third kappa shape index (κ3) is 4.09. The van der Waals surface area contributed by atoms with Crippen molar-refractivity contribution in [1.29, 1.82) is 0 Å². The van der Waals surface area contributed by atoms with Gasteiger partial charge in [0.05, 0.1) is 35.0 Å². The zero-order valence-corrected chi connectivity index (χ0v) is 17.9. The number of aromatic nitrogens is 4. The molecule has 0 fully saturated rings. The molecule has 2 aromatic heterocycles. The van der Waals surface area contributed by atoms with Crippen molar-refractivity contribution in [1.82, 2.24) is 19.7 Å². The van der Waals surface area contributed by atoms with Crippen LogP contribution in [0.15, 0.2) is 47.5 Å². The summed E-state index contributed by atoms with van der Waals surface area (Å²) < 4.78 is 20.9. The van der Waals surface area contributed by atoms with E-state index in [1.165, 1.54) is 29.2 Å². The smallest absolute Gasteiger partial charge is 0.341 e. The summed E-state index contributed by atoms with van der Waals surface area (Å²) in [5.41, 5.74) is 3.43. The average molecular weight is 435 g/mol. The van der Waals surface area contributed by atoms with Crippen LogP contribution in [-0.2, 0) is 11.3 Å². The minimum absolute atomic E-state index is 0.0636. The lowest BCUT2D eigenvalue weighted by Gasteiger charge is -2.13.